The van der Waals surface area contributed by atoms with Crippen LogP contribution in [0.3, 0.4) is 0 Å². The Bertz CT molecular complexity index is 771. The summed E-state index contributed by atoms with van der Waals surface area (Å²) in [4.78, 5) is 4.65. The van der Waals surface area contributed by atoms with Crippen LogP contribution in [-0.2, 0) is 13.1 Å². The third kappa shape index (κ3) is 5.01. The molecule has 0 aliphatic carbocycles. The van der Waals surface area contributed by atoms with E-state index in [4.69, 9.17) is 9.47 Å². The quantitative estimate of drug-likeness (QED) is 0.753. The largest absolute Gasteiger partial charge is 0.493 e. The highest BCUT2D eigenvalue weighted by molar-refractivity contribution is 5.42. The van der Waals surface area contributed by atoms with Gasteiger partial charge in [-0.25, -0.2) is 4.39 Å². The minimum Gasteiger partial charge on any atom is -0.493 e. The number of ether oxygens (including phenoxy) is 2. The van der Waals surface area contributed by atoms with Crippen molar-refractivity contribution in [2.24, 2.45) is 0 Å². The Kier molecular flexibility index (Phi) is 7.25. The third-order valence-corrected chi connectivity index (χ3v) is 5.34. The Morgan fingerprint density at radius 3 is 2.54 bits per heavy atom. The van der Waals surface area contributed by atoms with Crippen LogP contribution in [0.25, 0.3) is 0 Å². The van der Waals surface area contributed by atoms with Gasteiger partial charge in [-0.1, -0.05) is 24.3 Å². The maximum Gasteiger partial charge on any atom is 0.161 e. The van der Waals surface area contributed by atoms with Crippen LogP contribution in [0.5, 0.6) is 11.5 Å². The number of nitrogens with zero attached hydrogens (tertiary/aromatic N) is 2. The number of rotatable bonds is 8. The molecule has 0 unspecified atom stereocenters. The fourth-order valence-electron chi connectivity index (χ4n) is 3.81. The van der Waals surface area contributed by atoms with Gasteiger partial charge in [0.05, 0.1) is 14.2 Å². The second-order valence-electron chi connectivity index (χ2n) is 7.15. The van der Waals surface area contributed by atoms with E-state index in [1.807, 2.05) is 30.3 Å². The van der Waals surface area contributed by atoms with Gasteiger partial charge in [-0.2, -0.15) is 0 Å². The summed E-state index contributed by atoms with van der Waals surface area (Å²) < 4.78 is 24.8. The van der Waals surface area contributed by atoms with Crippen LogP contribution in [0.15, 0.2) is 42.5 Å². The standard InChI is InChI=1S/C22H29FN2O3/c1-27-21-8-7-17(13-22(21)28-2)14-24-10-11-25(19(16-24)9-12-26)15-18-5-3-4-6-20(18)23/h3-8,13,19,26H,9-12,14-16H2,1-2H3/t19-/m0/s1. The Morgan fingerprint density at radius 1 is 1.04 bits per heavy atom. The number of hydrogen-bond donors (Lipinski definition) is 1. The van der Waals surface area contributed by atoms with E-state index in [1.165, 1.54) is 6.07 Å². The van der Waals surface area contributed by atoms with Gasteiger partial charge in [0.2, 0.25) is 0 Å². The van der Waals surface area contributed by atoms with Gasteiger partial charge in [-0.05, 0) is 30.2 Å². The van der Waals surface area contributed by atoms with Crippen LogP contribution < -0.4 is 9.47 Å². The molecule has 6 heteroatoms. The van der Waals surface area contributed by atoms with E-state index >= 15 is 0 Å². The SMILES string of the molecule is COc1ccc(CN2CCN(Cc3ccccc3F)[C@@H](CCO)C2)cc1OC. The van der Waals surface area contributed by atoms with Gasteiger partial charge in [0.15, 0.2) is 11.5 Å². The molecule has 0 aromatic heterocycles. The highest BCUT2D eigenvalue weighted by atomic mass is 19.1. The smallest absolute Gasteiger partial charge is 0.161 e. The van der Waals surface area contributed by atoms with Crippen molar-refractivity contribution < 1.29 is 19.0 Å². The van der Waals surface area contributed by atoms with Crippen LogP contribution in [0, 0.1) is 5.82 Å². The van der Waals surface area contributed by atoms with Crippen LogP contribution in [0.4, 0.5) is 4.39 Å². The zero-order valence-electron chi connectivity index (χ0n) is 16.6. The lowest BCUT2D eigenvalue weighted by atomic mass is 10.1. The first-order valence-corrected chi connectivity index (χ1v) is 9.66. The Hall–Kier alpha value is -2.15. The summed E-state index contributed by atoms with van der Waals surface area (Å²) >= 11 is 0. The van der Waals surface area contributed by atoms with E-state index in [9.17, 15) is 9.50 Å². The zero-order chi connectivity index (χ0) is 19.9. The van der Waals surface area contributed by atoms with Crippen LogP contribution in [0.1, 0.15) is 17.5 Å². The predicted molar refractivity (Wildman–Crippen MR) is 107 cm³/mol. The van der Waals surface area contributed by atoms with Crippen molar-refractivity contribution in [2.75, 3.05) is 40.5 Å². The van der Waals surface area contributed by atoms with Crippen molar-refractivity contribution in [3.8, 4) is 11.5 Å². The first kappa shape index (κ1) is 20.6. The van der Waals surface area contributed by atoms with Crippen LogP contribution in [-0.4, -0.2) is 61.4 Å². The second kappa shape index (κ2) is 9.87. The highest BCUT2D eigenvalue weighted by Crippen LogP contribution is 2.28. The van der Waals surface area contributed by atoms with Gasteiger partial charge in [-0.3, -0.25) is 9.80 Å². The molecule has 0 bridgehead atoms. The molecule has 0 radical (unpaired) electrons. The molecular weight excluding hydrogens is 359 g/mol. The van der Waals surface area contributed by atoms with Crippen LogP contribution in [0.2, 0.25) is 0 Å². The number of benzene rings is 2. The van der Waals surface area contributed by atoms with Gasteiger partial charge in [-0.15, -0.1) is 0 Å². The normalized spacial score (nSPS) is 18.2. The lowest BCUT2D eigenvalue weighted by molar-refractivity contribution is 0.0492. The predicted octanol–water partition coefficient (Wildman–Crippen LogP) is 2.91. The maximum atomic E-state index is 14.0. The molecule has 1 aliphatic rings. The first-order chi connectivity index (χ1) is 13.6. The molecule has 1 heterocycles. The second-order valence-corrected chi connectivity index (χ2v) is 7.15. The van der Waals surface area contributed by atoms with Gasteiger partial charge in [0, 0.05) is 50.9 Å². The molecule has 28 heavy (non-hydrogen) atoms. The minimum absolute atomic E-state index is 0.128. The molecule has 152 valence electrons. The molecule has 1 atom stereocenters. The number of halogens is 1. The summed E-state index contributed by atoms with van der Waals surface area (Å²) in [5, 5.41) is 9.51. The fraction of sp³-hybridized carbons (Fsp3) is 0.455. The van der Waals surface area contributed by atoms with Gasteiger partial charge in [0.1, 0.15) is 5.82 Å². The van der Waals surface area contributed by atoms with Crippen molar-refractivity contribution in [3.63, 3.8) is 0 Å². The molecule has 1 fully saturated rings. The van der Waals surface area contributed by atoms with Crippen molar-refractivity contribution in [3.05, 3.63) is 59.4 Å². The summed E-state index contributed by atoms with van der Waals surface area (Å²) in [5.41, 5.74) is 1.86. The Labute approximate surface area is 166 Å². The number of hydrogen-bond acceptors (Lipinski definition) is 5. The molecule has 1 saturated heterocycles. The van der Waals surface area contributed by atoms with Gasteiger partial charge >= 0.3 is 0 Å². The van der Waals surface area contributed by atoms with E-state index in [0.717, 1.165) is 43.2 Å². The lowest BCUT2D eigenvalue weighted by Crippen LogP contribution is -2.52. The average molecular weight is 388 g/mol. The highest BCUT2D eigenvalue weighted by Gasteiger charge is 2.27. The van der Waals surface area contributed by atoms with Gasteiger partial charge < -0.3 is 14.6 Å². The first-order valence-electron chi connectivity index (χ1n) is 9.66. The van der Waals surface area contributed by atoms with E-state index in [2.05, 4.69) is 9.80 Å². The molecule has 1 aliphatic heterocycles. The average Bonchev–Trinajstić information content (AvgIpc) is 2.71. The lowest BCUT2D eigenvalue weighted by Gasteiger charge is -2.41. The summed E-state index contributed by atoms with van der Waals surface area (Å²) in [6.45, 7) is 4.07. The third-order valence-electron chi connectivity index (χ3n) is 5.34. The molecule has 0 saturated carbocycles. The zero-order valence-corrected chi connectivity index (χ0v) is 16.6. The Balaban J connectivity index is 1.66. The van der Waals surface area contributed by atoms with E-state index in [0.29, 0.717) is 18.5 Å². The van der Waals surface area contributed by atoms with Crippen LogP contribution >= 0.6 is 0 Å². The van der Waals surface area contributed by atoms with Crippen molar-refractivity contribution in [1.29, 1.82) is 0 Å². The molecule has 2 aromatic carbocycles. The number of aliphatic hydroxyl groups is 1. The van der Waals surface area contributed by atoms with Gasteiger partial charge in [0.25, 0.3) is 0 Å². The monoisotopic (exact) mass is 388 g/mol. The topological polar surface area (TPSA) is 45.2 Å². The summed E-state index contributed by atoms with van der Waals surface area (Å²) in [7, 11) is 3.27. The van der Waals surface area contributed by atoms with Crippen molar-refractivity contribution >= 4 is 0 Å². The molecule has 0 spiro atoms. The summed E-state index contributed by atoms with van der Waals surface area (Å²) in [6, 6.07) is 13.1. The van der Waals surface area contributed by atoms with E-state index in [-0.39, 0.29) is 18.5 Å². The number of piperazine rings is 1. The molecule has 1 N–H and O–H groups in total. The number of methoxy groups -OCH3 is 2. The molecule has 3 rings (SSSR count). The van der Waals surface area contributed by atoms with E-state index < -0.39 is 0 Å². The molecule has 0 amide bonds. The summed E-state index contributed by atoms with van der Waals surface area (Å²) in [5.74, 6) is 1.28. The number of aliphatic hydroxyl groups excluding tert-OH is 1. The minimum atomic E-state index is -0.169. The Morgan fingerprint density at radius 2 is 1.82 bits per heavy atom. The van der Waals surface area contributed by atoms with Crippen molar-refractivity contribution in [1.82, 2.24) is 9.80 Å². The molecule has 2 aromatic rings. The maximum absolute atomic E-state index is 14.0. The van der Waals surface area contributed by atoms with E-state index in [1.54, 1.807) is 20.3 Å². The molecular formula is C22H29FN2O3. The van der Waals surface area contributed by atoms with Crippen molar-refractivity contribution in [2.45, 2.75) is 25.6 Å². The summed E-state index contributed by atoms with van der Waals surface area (Å²) in [6.07, 6.45) is 0.677. The fourth-order valence-corrected chi connectivity index (χ4v) is 3.81. The molecule has 5 nitrogen and oxygen atoms in total.